The summed E-state index contributed by atoms with van der Waals surface area (Å²) in [6.45, 7) is 0.629. The number of allylic oxidation sites excluding steroid dienone is 2. The second kappa shape index (κ2) is 5.31. The minimum absolute atomic E-state index is 0.200. The van der Waals surface area contributed by atoms with Gasteiger partial charge in [-0.15, -0.1) is 0 Å². The van der Waals surface area contributed by atoms with Gasteiger partial charge in [-0.05, 0) is 42.4 Å². The van der Waals surface area contributed by atoms with Crippen LogP contribution in [0.5, 0.6) is 0 Å². The van der Waals surface area contributed by atoms with E-state index in [0.29, 0.717) is 18.4 Å². The molecular formula is C17H22N2O. The van der Waals surface area contributed by atoms with Crippen molar-refractivity contribution in [2.24, 2.45) is 17.8 Å². The number of benzene rings is 1. The Kier molecular flexibility index (Phi) is 3.51. The van der Waals surface area contributed by atoms with Crippen molar-refractivity contribution in [1.29, 1.82) is 0 Å². The van der Waals surface area contributed by atoms with E-state index in [0.717, 1.165) is 12.0 Å². The van der Waals surface area contributed by atoms with Crippen molar-refractivity contribution in [3.8, 4) is 0 Å². The Morgan fingerprint density at radius 1 is 1.20 bits per heavy atom. The zero-order valence-corrected chi connectivity index (χ0v) is 12.2. The third-order valence-corrected chi connectivity index (χ3v) is 4.54. The average Bonchev–Trinajstić information content (AvgIpc) is 3.08. The van der Waals surface area contributed by atoms with Gasteiger partial charge >= 0.3 is 0 Å². The van der Waals surface area contributed by atoms with E-state index in [2.05, 4.69) is 46.6 Å². The van der Waals surface area contributed by atoms with Crippen LogP contribution >= 0.6 is 0 Å². The van der Waals surface area contributed by atoms with Crippen LogP contribution < -0.4 is 10.2 Å². The molecule has 3 nitrogen and oxygen atoms in total. The SMILES string of the molecule is CN(C)c1ccc(CNC(=O)C2CC3C=CC2C3)cc1. The van der Waals surface area contributed by atoms with Crippen LogP contribution in [-0.4, -0.2) is 20.0 Å². The Morgan fingerprint density at radius 2 is 1.95 bits per heavy atom. The van der Waals surface area contributed by atoms with Gasteiger partial charge in [-0.3, -0.25) is 4.79 Å². The lowest BCUT2D eigenvalue weighted by molar-refractivity contribution is -0.125. The van der Waals surface area contributed by atoms with Crippen LogP contribution in [0.2, 0.25) is 0 Å². The maximum atomic E-state index is 12.2. The van der Waals surface area contributed by atoms with Gasteiger partial charge in [0.25, 0.3) is 0 Å². The van der Waals surface area contributed by atoms with Crippen molar-refractivity contribution in [2.75, 3.05) is 19.0 Å². The summed E-state index contributed by atoms with van der Waals surface area (Å²) in [5, 5.41) is 3.09. The van der Waals surface area contributed by atoms with Crippen molar-refractivity contribution in [1.82, 2.24) is 5.32 Å². The number of nitrogens with zero attached hydrogens (tertiary/aromatic N) is 1. The van der Waals surface area contributed by atoms with Gasteiger partial charge in [-0.2, -0.15) is 0 Å². The molecule has 0 radical (unpaired) electrons. The summed E-state index contributed by atoms with van der Waals surface area (Å²) >= 11 is 0. The fraction of sp³-hybridized carbons (Fsp3) is 0.471. The van der Waals surface area contributed by atoms with Gasteiger partial charge in [0, 0.05) is 32.2 Å². The summed E-state index contributed by atoms with van der Waals surface area (Å²) in [6, 6.07) is 8.33. The summed E-state index contributed by atoms with van der Waals surface area (Å²) in [6.07, 6.45) is 6.71. The molecule has 3 unspecified atom stereocenters. The Morgan fingerprint density at radius 3 is 2.50 bits per heavy atom. The zero-order chi connectivity index (χ0) is 14.1. The van der Waals surface area contributed by atoms with E-state index < -0.39 is 0 Å². The summed E-state index contributed by atoms with van der Waals surface area (Å²) in [5.74, 6) is 1.55. The van der Waals surface area contributed by atoms with Gasteiger partial charge in [0.15, 0.2) is 0 Å². The smallest absolute Gasteiger partial charge is 0.223 e. The van der Waals surface area contributed by atoms with Crippen molar-refractivity contribution >= 4 is 11.6 Å². The molecule has 1 saturated carbocycles. The van der Waals surface area contributed by atoms with Crippen molar-refractivity contribution in [2.45, 2.75) is 19.4 Å². The number of anilines is 1. The van der Waals surface area contributed by atoms with Crippen molar-refractivity contribution in [3.05, 3.63) is 42.0 Å². The van der Waals surface area contributed by atoms with Crippen LogP contribution in [0.3, 0.4) is 0 Å². The molecule has 0 aromatic heterocycles. The highest BCUT2D eigenvalue weighted by Crippen LogP contribution is 2.43. The number of rotatable bonds is 4. The van der Waals surface area contributed by atoms with E-state index in [1.165, 1.54) is 12.1 Å². The van der Waals surface area contributed by atoms with E-state index in [1.807, 2.05) is 14.1 Å². The Balaban J connectivity index is 1.54. The maximum absolute atomic E-state index is 12.2. The number of carbonyl (C=O) groups is 1. The molecule has 1 aromatic rings. The van der Waals surface area contributed by atoms with Gasteiger partial charge in [0.2, 0.25) is 5.91 Å². The van der Waals surface area contributed by atoms with Gasteiger partial charge in [-0.1, -0.05) is 24.3 Å². The molecule has 0 saturated heterocycles. The Labute approximate surface area is 120 Å². The fourth-order valence-electron chi connectivity index (χ4n) is 3.31. The van der Waals surface area contributed by atoms with E-state index in [1.54, 1.807) is 0 Å². The predicted octanol–water partition coefficient (Wildman–Crippen LogP) is 2.58. The summed E-state index contributed by atoms with van der Waals surface area (Å²) in [5.41, 5.74) is 2.33. The first-order valence-electron chi connectivity index (χ1n) is 7.36. The summed E-state index contributed by atoms with van der Waals surface area (Å²) in [7, 11) is 4.05. The molecule has 3 heteroatoms. The molecule has 3 rings (SSSR count). The summed E-state index contributed by atoms with van der Waals surface area (Å²) in [4.78, 5) is 14.3. The van der Waals surface area contributed by atoms with E-state index in [9.17, 15) is 4.79 Å². The highest BCUT2D eigenvalue weighted by atomic mass is 16.1. The lowest BCUT2D eigenvalue weighted by Gasteiger charge is -2.18. The largest absolute Gasteiger partial charge is 0.378 e. The van der Waals surface area contributed by atoms with Crippen molar-refractivity contribution in [3.63, 3.8) is 0 Å². The fourth-order valence-corrected chi connectivity index (χ4v) is 3.31. The molecule has 0 aliphatic heterocycles. The third-order valence-electron chi connectivity index (χ3n) is 4.54. The molecule has 0 heterocycles. The van der Waals surface area contributed by atoms with Crippen molar-refractivity contribution < 1.29 is 4.79 Å². The zero-order valence-electron chi connectivity index (χ0n) is 12.2. The van der Waals surface area contributed by atoms with Gasteiger partial charge in [0.1, 0.15) is 0 Å². The van der Waals surface area contributed by atoms with Crippen LogP contribution in [-0.2, 0) is 11.3 Å². The van der Waals surface area contributed by atoms with Gasteiger partial charge in [0.05, 0.1) is 0 Å². The number of nitrogens with one attached hydrogen (secondary N) is 1. The molecule has 1 amide bonds. The van der Waals surface area contributed by atoms with E-state index in [4.69, 9.17) is 0 Å². The first-order chi connectivity index (χ1) is 9.63. The topological polar surface area (TPSA) is 32.3 Å². The van der Waals surface area contributed by atoms with Gasteiger partial charge < -0.3 is 10.2 Å². The average molecular weight is 270 g/mol. The maximum Gasteiger partial charge on any atom is 0.223 e. The van der Waals surface area contributed by atoms with Gasteiger partial charge in [-0.25, -0.2) is 0 Å². The molecule has 2 aliphatic carbocycles. The van der Waals surface area contributed by atoms with Crippen LogP contribution in [0.25, 0.3) is 0 Å². The molecular weight excluding hydrogens is 248 g/mol. The number of carbonyl (C=O) groups excluding carboxylic acids is 1. The normalized spacial score (nSPS) is 26.8. The number of fused-ring (bicyclic) bond motifs is 2. The molecule has 2 bridgehead atoms. The standard InChI is InChI=1S/C17H22N2O/c1-19(2)15-7-4-12(5-8-15)11-18-17(20)16-10-13-3-6-14(16)9-13/h3-8,13-14,16H,9-11H2,1-2H3,(H,18,20). The lowest BCUT2D eigenvalue weighted by Crippen LogP contribution is -2.32. The minimum Gasteiger partial charge on any atom is -0.378 e. The second-order valence-corrected chi connectivity index (χ2v) is 6.17. The molecule has 2 aliphatic rings. The second-order valence-electron chi connectivity index (χ2n) is 6.17. The highest BCUT2D eigenvalue weighted by molar-refractivity contribution is 5.80. The number of hydrogen-bond donors (Lipinski definition) is 1. The molecule has 20 heavy (non-hydrogen) atoms. The van der Waals surface area contributed by atoms with Crippen LogP contribution in [0.1, 0.15) is 18.4 Å². The first kappa shape index (κ1) is 13.2. The molecule has 106 valence electrons. The Bertz CT molecular complexity index is 518. The minimum atomic E-state index is 0.200. The molecule has 0 spiro atoms. The van der Waals surface area contributed by atoms with E-state index >= 15 is 0 Å². The number of amides is 1. The van der Waals surface area contributed by atoms with E-state index in [-0.39, 0.29) is 11.8 Å². The molecule has 1 aromatic carbocycles. The monoisotopic (exact) mass is 270 g/mol. The van der Waals surface area contributed by atoms with Crippen LogP contribution in [0, 0.1) is 17.8 Å². The lowest BCUT2D eigenvalue weighted by atomic mass is 9.93. The highest BCUT2D eigenvalue weighted by Gasteiger charge is 2.39. The Hall–Kier alpha value is -1.77. The van der Waals surface area contributed by atoms with Crippen LogP contribution in [0.15, 0.2) is 36.4 Å². The summed E-state index contributed by atoms with van der Waals surface area (Å²) < 4.78 is 0. The molecule has 3 atom stereocenters. The quantitative estimate of drug-likeness (QED) is 0.853. The van der Waals surface area contributed by atoms with Crippen LogP contribution in [0.4, 0.5) is 5.69 Å². The first-order valence-corrected chi connectivity index (χ1v) is 7.36. The molecule has 1 fully saturated rings. The predicted molar refractivity (Wildman–Crippen MR) is 81.5 cm³/mol. The third kappa shape index (κ3) is 2.58. The molecule has 1 N–H and O–H groups in total. The number of hydrogen-bond acceptors (Lipinski definition) is 2.